The van der Waals surface area contributed by atoms with Crippen LogP contribution in [0.3, 0.4) is 0 Å². The van der Waals surface area contributed by atoms with Crippen LogP contribution in [0.1, 0.15) is 105 Å². The summed E-state index contributed by atoms with van der Waals surface area (Å²) in [7, 11) is -2.61. The van der Waals surface area contributed by atoms with Gasteiger partial charge < -0.3 is 35.8 Å². The molecule has 0 saturated carbocycles. The largest absolute Gasteiger partial charge is 0.755 e. The predicted octanol–water partition coefficient (Wildman–Crippen LogP) is 20.7. The third-order valence-corrected chi connectivity index (χ3v) is 10.1. The van der Waals surface area contributed by atoms with Gasteiger partial charge in [-0.05, 0) is 143 Å². The standard InChI is InChI=1S/C9H5NO.4C9H8O.C8H7NO3S.6C2H6.HNO2S.O2S/c1-10-8-2-3-9-7(6-8)4-5-11-9;4*1-7-2-3-9-8(6-7)4-5-10-9;10-13(11)9-7-1-2-8-6(5-7)3-4-12-8;6*1-2;1-4(2)3;1-3-2/h2-6H;4*2-6H,1H3;1-5,9H,(H,10,11);6*1-2H3;1H;/p-1. The Bertz CT molecular complexity index is 3520. The number of hydrogen-bond donors (Lipinski definition) is 2. The summed E-state index contributed by atoms with van der Waals surface area (Å²) in [5.74, 6) is 0. The maximum atomic E-state index is 10.3. The van der Waals surface area contributed by atoms with Crippen molar-refractivity contribution in [3.63, 3.8) is 0 Å². The molecule has 0 aliphatic carbocycles. The predicted molar refractivity (Wildman–Crippen MR) is 344 cm³/mol. The Kier molecular flexibility index (Phi) is 43.4. The fourth-order valence-corrected chi connectivity index (χ4v) is 6.81. The minimum Gasteiger partial charge on any atom is -0.755 e. The molecule has 0 bridgehead atoms. The van der Waals surface area contributed by atoms with E-state index < -0.39 is 33.3 Å². The summed E-state index contributed by atoms with van der Waals surface area (Å²) in [6.07, 6.45) is 10.0. The molecule has 12 rings (SSSR count). The van der Waals surface area contributed by atoms with Crippen LogP contribution in [0.15, 0.2) is 210 Å². The molecule has 1 atom stereocenters. The molecule has 2 N–H and O–H groups in total. The molecule has 1 unspecified atom stereocenters. The molecule has 12 aromatic rings. The Morgan fingerprint density at radius 3 is 0.855 bits per heavy atom. The van der Waals surface area contributed by atoms with Crippen molar-refractivity contribution >= 4 is 111 Å². The maximum absolute atomic E-state index is 10.3. The van der Waals surface area contributed by atoms with Crippen LogP contribution >= 0.6 is 0 Å². The van der Waals surface area contributed by atoms with Gasteiger partial charge in [-0.1, -0.05) is 136 Å². The fraction of sp³-hybridized carbons (Fsp3) is 0.246. The smallest absolute Gasteiger partial charge is 0.335 e. The van der Waals surface area contributed by atoms with Crippen molar-refractivity contribution in [1.29, 1.82) is 4.78 Å². The third kappa shape index (κ3) is 30.2. The molecule has 0 radical (unpaired) electrons. The summed E-state index contributed by atoms with van der Waals surface area (Å²) < 4.78 is 93.2. The molecular weight excluding hydrogens is 1110 g/mol. The van der Waals surface area contributed by atoms with E-state index in [0.29, 0.717) is 11.4 Å². The molecule has 0 aliphatic heterocycles. The van der Waals surface area contributed by atoms with E-state index in [2.05, 4.69) is 61.5 Å². The van der Waals surface area contributed by atoms with Crippen molar-refractivity contribution in [2.45, 2.75) is 111 Å². The summed E-state index contributed by atoms with van der Waals surface area (Å²) in [5, 5.41) is 6.58. The van der Waals surface area contributed by atoms with Crippen molar-refractivity contribution < 1.29 is 52.1 Å². The number of hydrogen-bond acceptors (Lipinski definition) is 13. The topological polar surface area (TPSA) is 227 Å². The highest BCUT2D eigenvalue weighted by Gasteiger charge is 2.00. The zero-order valence-electron chi connectivity index (χ0n) is 50.4. The molecule has 0 fully saturated rings. The molecule has 83 heavy (non-hydrogen) atoms. The molecule has 0 saturated heterocycles. The minimum absolute atomic E-state index is 0.530. The molecular formula is C65H80N3O12S3-. The summed E-state index contributed by atoms with van der Waals surface area (Å²) in [4.78, 5) is 3.31. The number of aryl methyl sites for hydroxylation is 4. The van der Waals surface area contributed by atoms with Crippen molar-refractivity contribution in [2.24, 2.45) is 0 Å². The van der Waals surface area contributed by atoms with Crippen molar-refractivity contribution in [2.75, 3.05) is 4.72 Å². The van der Waals surface area contributed by atoms with Crippen LogP contribution in [0.2, 0.25) is 0 Å². The van der Waals surface area contributed by atoms with Gasteiger partial charge in [0.05, 0.1) is 44.2 Å². The molecule has 15 nitrogen and oxygen atoms in total. The van der Waals surface area contributed by atoms with E-state index in [-0.39, 0.29) is 0 Å². The number of benzene rings is 6. The quantitative estimate of drug-likeness (QED) is 0.122. The number of fused-ring (bicyclic) bond motifs is 6. The average Bonchev–Trinajstić information content (AvgIpc) is 4.43. The van der Waals surface area contributed by atoms with Gasteiger partial charge in [-0.25, -0.2) is 4.85 Å². The minimum atomic E-state index is -2.61. The highest BCUT2D eigenvalue weighted by atomic mass is 32.2. The molecule has 0 aliphatic rings. The second kappa shape index (κ2) is 47.1. The highest BCUT2D eigenvalue weighted by molar-refractivity contribution is 7.80. The molecule has 0 spiro atoms. The highest BCUT2D eigenvalue weighted by Crippen LogP contribution is 2.23. The normalized spacial score (nSPS) is 9.25. The van der Waals surface area contributed by atoms with Crippen LogP contribution < -0.4 is 4.72 Å². The van der Waals surface area contributed by atoms with Crippen molar-refractivity contribution in [1.82, 2.24) is 0 Å². The summed E-state index contributed by atoms with van der Waals surface area (Å²) in [6.45, 7) is 39.1. The van der Waals surface area contributed by atoms with Crippen LogP contribution in [-0.2, 0) is 33.3 Å². The summed E-state index contributed by atoms with van der Waals surface area (Å²) in [5.41, 5.74) is 11.7. The monoisotopic (exact) mass is 1190 g/mol. The van der Waals surface area contributed by atoms with E-state index in [9.17, 15) is 8.76 Å². The first kappa shape index (κ1) is 76.5. The Labute approximate surface area is 497 Å². The van der Waals surface area contributed by atoms with E-state index in [1.807, 2.05) is 174 Å². The zero-order chi connectivity index (χ0) is 63.1. The second-order valence-electron chi connectivity index (χ2n) is 14.9. The summed E-state index contributed by atoms with van der Waals surface area (Å²) in [6, 6.07) is 46.5. The Morgan fingerprint density at radius 1 is 0.398 bits per heavy atom. The van der Waals surface area contributed by atoms with Crippen molar-refractivity contribution in [3.8, 4) is 0 Å². The average molecular weight is 1190 g/mol. The van der Waals surface area contributed by atoms with Crippen molar-refractivity contribution in [3.05, 3.63) is 217 Å². The lowest BCUT2D eigenvalue weighted by Crippen LogP contribution is -2.01. The lowest BCUT2D eigenvalue weighted by molar-refractivity contribution is 0.542. The van der Waals surface area contributed by atoms with Crippen LogP contribution in [0.25, 0.3) is 70.7 Å². The molecule has 6 heterocycles. The van der Waals surface area contributed by atoms with Gasteiger partial charge in [-0.3, -0.25) is 4.21 Å². The first-order valence-electron chi connectivity index (χ1n) is 26.9. The van der Waals surface area contributed by atoms with Gasteiger partial charge in [0.15, 0.2) is 5.69 Å². The van der Waals surface area contributed by atoms with E-state index in [1.54, 1.807) is 67.9 Å². The van der Waals surface area contributed by atoms with Crippen LogP contribution in [0, 0.1) is 39.0 Å². The Balaban J connectivity index is 0. The Hall–Kier alpha value is -8.60. The molecule has 0 amide bonds. The van der Waals surface area contributed by atoms with Gasteiger partial charge in [0.25, 0.3) is 0 Å². The van der Waals surface area contributed by atoms with Gasteiger partial charge in [-0.2, -0.15) is 21.6 Å². The number of nitrogens with zero attached hydrogens (tertiary/aromatic N) is 1. The van der Waals surface area contributed by atoms with Gasteiger partial charge in [0, 0.05) is 49.3 Å². The molecule has 18 heteroatoms. The second-order valence-corrected chi connectivity index (χ2v) is 16.2. The lowest BCUT2D eigenvalue weighted by Gasteiger charge is -2.07. The van der Waals surface area contributed by atoms with Crippen LogP contribution in [0.5, 0.6) is 0 Å². The zero-order valence-corrected chi connectivity index (χ0v) is 52.8. The first-order valence-corrected chi connectivity index (χ1v) is 29.7. The third-order valence-electron chi connectivity index (χ3n) is 9.65. The van der Waals surface area contributed by atoms with Gasteiger partial charge in [0.1, 0.15) is 33.5 Å². The van der Waals surface area contributed by atoms with Gasteiger partial charge >= 0.3 is 22.1 Å². The SMILES string of the molecule is CC.CC.CC.CC.CC.CC.Cc1ccc2occc2c1.Cc1ccc2occc2c1.Cc1ccc2occc2c1.Cc1ccc2occc2c1.N=S(=O)=O.O=S([O-])Nc1ccc2occc2c1.O=S=O.[C-]#[N+]c1ccc2occc2c1. The number of rotatable bonds is 2. The van der Waals surface area contributed by atoms with Crippen LogP contribution in [0.4, 0.5) is 11.4 Å². The Morgan fingerprint density at radius 2 is 0.614 bits per heavy atom. The molecule has 446 valence electrons. The van der Waals surface area contributed by atoms with E-state index in [1.165, 1.54) is 43.8 Å². The number of anilines is 1. The van der Waals surface area contributed by atoms with E-state index in [4.69, 9.17) is 54.7 Å². The fourth-order valence-electron chi connectivity index (χ4n) is 6.49. The number of furan rings is 6. The van der Waals surface area contributed by atoms with E-state index in [0.717, 1.165) is 44.3 Å². The van der Waals surface area contributed by atoms with E-state index >= 15 is 0 Å². The molecule has 6 aromatic carbocycles. The maximum Gasteiger partial charge on any atom is 0.335 e. The number of nitrogens with one attached hydrogen (secondary N) is 2. The van der Waals surface area contributed by atoms with Gasteiger partial charge in [0.2, 0.25) is 0 Å². The summed E-state index contributed by atoms with van der Waals surface area (Å²) >= 11 is -3.03. The first-order chi connectivity index (χ1) is 40.2. The lowest BCUT2D eigenvalue weighted by atomic mass is 10.2. The molecule has 6 aromatic heterocycles. The van der Waals surface area contributed by atoms with Gasteiger partial charge in [-0.15, -0.1) is 0 Å². The van der Waals surface area contributed by atoms with Crippen LogP contribution in [-0.4, -0.2) is 25.6 Å².